The fraction of sp³-hybridized carbons (Fsp3) is 0.103. The number of rotatable bonds is 3. The molecule has 0 spiro atoms. The second kappa shape index (κ2) is 9.04. The van der Waals surface area contributed by atoms with Gasteiger partial charge in [-0.25, -0.2) is 9.38 Å². The van der Waals surface area contributed by atoms with Crippen molar-refractivity contribution in [2.45, 2.75) is 19.9 Å². The number of nitrogens with one attached hydrogen (secondary N) is 2. The molecule has 3 aromatic carbocycles. The second-order valence-electron chi connectivity index (χ2n) is 9.15. The van der Waals surface area contributed by atoms with Crippen LogP contribution in [-0.4, -0.2) is 16.4 Å². The molecule has 0 fully saturated rings. The van der Waals surface area contributed by atoms with Crippen molar-refractivity contribution in [3.63, 3.8) is 0 Å². The highest BCUT2D eigenvalue weighted by molar-refractivity contribution is 7.07. The fourth-order valence-corrected chi connectivity index (χ4v) is 5.99. The number of aryl methyl sites for hydroxylation is 1. The largest absolute Gasteiger partial charge is 0.322 e. The number of thiazole rings is 1. The maximum Gasteiger partial charge on any atom is 0.271 e. The van der Waals surface area contributed by atoms with E-state index >= 15 is 0 Å². The van der Waals surface area contributed by atoms with E-state index in [0.717, 1.165) is 16.9 Å². The molecular weight excluding hydrogens is 503 g/mol. The van der Waals surface area contributed by atoms with Crippen LogP contribution in [0.3, 0.4) is 0 Å². The number of amides is 2. The molecule has 0 saturated carbocycles. The van der Waals surface area contributed by atoms with Gasteiger partial charge in [-0.1, -0.05) is 53.3 Å². The van der Waals surface area contributed by atoms with Gasteiger partial charge in [0.1, 0.15) is 10.3 Å². The van der Waals surface area contributed by atoms with Gasteiger partial charge in [0.05, 0.1) is 22.9 Å². The fourth-order valence-electron chi connectivity index (χ4n) is 4.85. The quantitative estimate of drug-likeness (QED) is 0.429. The third-order valence-corrected chi connectivity index (χ3v) is 7.66. The van der Waals surface area contributed by atoms with Gasteiger partial charge in [0.25, 0.3) is 17.4 Å². The summed E-state index contributed by atoms with van der Waals surface area (Å²) >= 11 is 1.10. The van der Waals surface area contributed by atoms with Gasteiger partial charge in [-0.15, -0.1) is 0 Å². The number of halogens is 1. The van der Waals surface area contributed by atoms with E-state index < -0.39 is 23.3 Å². The van der Waals surface area contributed by atoms with Crippen LogP contribution in [0.2, 0.25) is 0 Å². The Morgan fingerprint density at radius 2 is 1.76 bits per heavy atom. The standard InChI is InChI=1S/C29H21FN4O3S/c1-15-8-13-21-20(14-15)23(27(36)33-21)25-28(37)34-24(17-9-11-18(30)12-10-17)22(16(2)31-29(34)38-25)26(35)32-19-6-4-3-5-7-19/h3-14,24H,1-2H3,(H,32,35)(H,33,36)/b25-23-/t24-/m0/s1. The van der Waals surface area contributed by atoms with Gasteiger partial charge in [-0.2, -0.15) is 0 Å². The Morgan fingerprint density at radius 1 is 1.03 bits per heavy atom. The van der Waals surface area contributed by atoms with Crippen LogP contribution in [0.1, 0.15) is 29.7 Å². The average molecular weight is 525 g/mol. The van der Waals surface area contributed by atoms with Crippen LogP contribution in [0, 0.1) is 12.7 Å². The van der Waals surface area contributed by atoms with Crippen LogP contribution >= 0.6 is 11.3 Å². The van der Waals surface area contributed by atoms with Crippen molar-refractivity contribution in [3.05, 3.63) is 126 Å². The molecular formula is C29H21FN4O3S. The monoisotopic (exact) mass is 524 g/mol. The Bertz CT molecular complexity index is 1850. The van der Waals surface area contributed by atoms with E-state index in [1.54, 1.807) is 43.3 Å². The minimum Gasteiger partial charge on any atom is -0.322 e. The summed E-state index contributed by atoms with van der Waals surface area (Å²) in [4.78, 5) is 45.6. The van der Waals surface area contributed by atoms with Crippen molar-refractivity contribution in [3.8, 4) is 0 Å². The molecule has 0 aliphatic carbocycles. The summed E-state index contributed by atoms with van der Waals surface area (Å²) in [7, 11) is 0. The van der Waals surface area contributed by atoms with E-state index in [4.69, 9.17) is 0 Å². The van der Waals surface area contributed by atoms with Gasteiger partial charge >= 0.3 is 0 Å². The third kappa shape index (κ3) is 3.88. The molecule has 188 valence electrons. The van der Waals surface area contributed by atoms with Gasteiger partial charge in [-0.3, -0.25) is 19.0 Å². The number of carbonyl (C=O) groups is 2. The summed E-state index contributed by atoms with van der Waals surface area (Å²) in [6.45, 7) is 3.62. The lowest BCUT2D eigenvalue weighted by Crippen LogP contribution is -2.41. The zero-order chi connectivity index (χ0) is 26.6. The summed E-state index contributed by atoms with van der Waals surface area (Å²) in [5, 5.41) is 5.71. The predicted molar refractivity (Wildman–Crippen MR) is 144 cm³/mol. The van der Waals surface area contributed by atoms with Crippen LogP contribution in [0.4, 0.5) is 15.8 Å². The van der Waals surface area contributed by atoms with Crippen LogP contribution in [0.5, 0.6) is 0 Å². The molecule has 0 radical (unpaired) electrons. The number of allylic oxidation sites excluding steroid dienone is 1. The number of aromatic nitrogens is 1. The van der Waals surface area contributed by atoms with Crippen LogP contribution < -0.4 is 25.5 Å². The Kier molecular flexibility index (Phi) is 5.65. The minimum absolute atomic E-state index is 0.232. The number of benzene rings is 3. The Balaban J connectivity index is 1.59. The van der Waals surface area contributed by atoms with Gasteiger partial charge in [0.15, 0.2) is 4.80 Å². The predicted octanol–water partition coefficient (Wildman–Crippen LogP) is 3.64. The molecule has 1 aromatic heterocycles. The second-order valence-corrected chi connectivity index (χ2v) is 10.1. The maximum atomic E-state index is 14.0. The Hall–Kier alpha value is -4.63. The normalized spacial score (nSPS) is 17.4. The first-order valence-corrected chi connectivity index (χ1v) is 12.7. The molecule has 3 heterocycles. The first-order valence-electron chi connectivity index (χ1n) is 11.9. The zero-order valence-corrected chi connectivity index (χ0v) is 21.2. The van der Waals surface area contributed by atoms with E-state index in [-0.39, 0.29) is 21.6 Å². The number of hydrogen-bond donors (Lipinski definition) is 2. The van der Waals surface area contributed by atoms with Crippen LogP contribution in [0.25, 0.3) is 5.57 Å². The average Bonchev–Trinajstić information content (AvgIpc) is 3.38. The van der Waals surface area contributed by atoms with E-state index in [0.29, 0.717) is 33.0 Å². The summed E-state index contributed by atoms with van der Waals surface area (Å²) in [5.41, 5.74) is 3.89. The smallest absolute Gasteiger partial charge is 0.271 e. The van der Waals surface area contributed by atoms with Crippen molar-refractivity contribution in [1.29, 1.82) is 0 Å². The molecule has 6 rings (SSSR count). The number of hydrogen-bond acceptors (Lipinski definition) is 5. The van der Waals surface area contributed by atoms with Crippen LogP contribution in [0.15, 0.2) is 93.9 Å². The molecule has 2 aliphatic rings. The molecule has 0 unspecified atom stereocenters. The summed E-state index contributed by atoms with van der Waals surface area (Å²) in [6, 6.07) is 19.3. The Labute approximate surface area is 220 Å². The van der Waals surface area contributed by atoms with Crippen molar-refractivity contribution < 1.29 is 14.0 Å². The lowest BCUT2D eigenvalue weighted by Gasteiger charge is -2.25. The number of fused-ring (bicyclic) bond motifs is 2. The highest BCUT2D eigenvalue weighted by Gasteiger charge is 2.34. The van der Waals surface area contributed by atoms with E-state index in [9.17, 15) is 18.8 Å². The Morgan fingerprint density at radius 3 is 2.50 bits per heavy atom. The lowest BCUT2D eigenvalue weighted by atomic mass is 9.95. The molecule has 38 heavy (non-hydrogen) atoms. The molecule has 9 heteroatoms. The molecule has 2 N–H and O–H groups in total. The van der Waals surface area contributed by atoms with Gasteiger partial charge in [-0.05, 0) is 55.8 Å². The summed E-state index contributed by atoms with van der Waals surface area (Å²) < 4.78 is 15.5. The van der Waals surface area contributed by atoms with Crippen LogP contribution in [-0.2, 0) is 9.59 Å². The van der Waals surface area contributed by atoms with E-state index in [1.807, 2.05) is 31.2 Å². The van der Waals surface area contributed by atoms with E-state index in [1.165, 1.54) is 16.7 Å². The molecule has 2 aliphatic heterocycles. The number of para-hydroxylation sites is 1. The molecule has 0 saturated heterocycles. The number of carbonyl (C=O) groups excluding carboxylic acids is 2. The SMILES string of the molecule is CC1=C(C(=O)Nc2ccccc2)[C@H](c2ccc(F)cc2)n2c(s/c(=C3\C(=O)Nc4ccc(C)cc43)c2=O)=N1. The topological polar surface area (TPSA) is 92.6 Å². The molecule has 2 amide bonds. The molecule has 7 nitrogen and oxygen atoms in total. The number of nitrogens with zero attached hydrogens (tertiary/aromatic N) is 2. The first-order chi connectivity index (χ1) is 18.3. The zero-order valence-electron chi connectivity index (χ0n) is 20.4. The highest BCUT2D eigenvalue weighted by Crippen LogP contribution is 2.33. The van der Waals surface area contributed by atoms with Crippen molar-refractivity contribution >= 4 is 40.1 Å². The molecule has 1 atom stereocenters. The van der Waals surface area contributed by atoms with Crippen molar-refractivity contribution in [2.24, 2.45) is 4.99 Å². The first kappa shape index (κ1) is 23.7. The van der Waals surface area contributed by atoms with E-state index in [2.05, 4.69) is 15.6 Å². The van der Waals surface area contributed by atoms with Gasteiger partial charge < -0.3 is 10.6 Å². The maximum absolute atomic E-state index is 14.0. The summed E-state index contributed by atoms with van der Waals surface area (Å²) in [6.07, 6.45) is 0. The van der Waals surface area contributed by atoms with Gasteiger partial charge in [0.2, 0.25) is 0 Å². The highest BCUT2D eigenvalue weighted by atomic mass is 32.1. The third-order valence-electron chi connectivity index (χ3n) is 6.61. The van der Waals surface area contributed by atoms with Crippen molar-refractivity contribution in [1.82, 2.24) is 4.57 Å². The summed E-state index contributed by atoms with van der Waals surface area (Å²) in [5.74, 6) is -1.23. The number of anilines is 2. The molecule has 0 bridgehead atoms. The van der Waals surface area contributed by atoms with Gasteiger partial charge in [0, 0.05) is 16.9 Å². The van der Waals surface area contributed by atoms with Crippen molar-refractivity contribution in [2.75, 3.05) is 10.6 Å². The minimum atomic E-state index is -0.869. The lowest BCUT2D eigenvalue weighted by molar-refractivity contribution is -0.113. The molecule has 4 aromatic rings.